The summed E-state index contributed by atoms with van der Waals surface area (Å²) >= 11 is 0. The Kier molecular flexibility index (Phi) is 7.91. The van der Waals surface area contributed by atoms with E-state index in [2.05, 4.69) is 47.5 Å². The van der Waals surface area contributed by atoms with Gasteiger partial charge >= 0.3 is 0 Å². The molecule has 0 heterocycles. The summed E-state index contributed by atoms with van der Waals surface area (Å²) in [6.07, 6.45) is 3.46. The van der Waals surface area contributed by atoms with E-state index in [0.29, 0.717) is 29.7 Å². The Balaban J connectivity index is 4.66. The second kappa shape index (κ2) is 8.06. The van der Waals surface area contributed by atoms with Crippen molar-refractivity contribution in [2.45, 2.75) is 76.8 Å². The van der Waals surface area contributed by atoms with Gasteiger partial charge in [-0.1, -0.05) is 47.5 Å². The number of hydrogen-bond donors (Lipinski definition) is 2. The Labute approximate surface area is 119 Å². The summed E-state index contributed by atoms with van der Waals surface area (Å²) in [6, 6.07) is 0. The molecule has 0 saturated carbocycles. The van der Waals surface area contributed by atoms with Gasteiger partial charge in [0, 0.05) is 6.61 Å². The Morgan fingerprint density at radius 2 is 1.42 bits per heavy atom. The largest absolute Gasteiger partial charge is 0.416 e. The van der Waals surface area contributed by atoms with Crippen LogP contribution in [0.2, 0.25) is 16.6 Å². The first-order chi connectivity index (χ1) is 8.70. The summed E-state index contributed by atoms with van der Waals surface area (Å²) in [4.78, 5) is 0. The van der Waals surface area contributed by atoms with Crippen LogP contribution >= 0.6 is 0 Å². The lowest BCUT2D eigenvalue weighted by molar-refractivity contribution is 0.0375. The van der Waals surface area contributed by atoms with Gasteiger partial charge in [0.2, 0.25) is 0 Å². The van der Waals surface area contributed by atoms with Gasteiger partial charge < -0.3 is 14.6 Å². The summed E-state index contributed by atoms with van der Waals surface area (Å²) < 4.78 is 6.28. The number of terminal acetylenes is 1. The molecule has 19 heavy (non-hydrogen) atoms. The van der Waals surface area contributed by atoms with Gasteiger partial charge in [-0.25, -0.2) is 0 Å². The zero-order valence-corrected chi connectivity index (χ0v) is 14.2. The van der Waals surface area contributed by atoms with Crippen LogP contribution in [-0.2, 0) is 4.43 Å². The van der Waals surface area contributed by atoms with Crippen LogP contribution in [-0.4, -0.2) is 37.3 Å². The number of aliphatic hydroxyl groups excluding tert-OH is 2. The summed E-state index contributed by atoms with van der Waals surface area (Å²) in [6.45, 7) is 13.8. The van der Waals surface area contributed by atoms with E-state index in [1.54, 1.807) is 0 Å². The smallest absolute Gasteiger partial charge is 0.200 e. The lowest BCUT2D eigenvalue weighted by atomic mass is 10.1. The predicted octanol–water partition coefficient (Wildman–Crippen LogP) is 2.92. The highest BCUT2D eigenvalue weighted by molar-refractivity contribution is 6.77. The molecule has 0 rings (SSSR count). The Bertz CT molecular complexity index is 272. The van der Waals surface area contributed by atoms with Gasteiger partial charge in [-0.3, -0.25) is 0 Å². The number of rotatable bonds is 8. The minimum absolute atomic E-state index is 0.381. The molecule has 0 fully saturated rings. The molecule has 0 spiro atoms. The number of hydrogen-bond acceptors (Lipinski definition) is 3. The molecule has 0 aromatic rings. The molecule has 0 aliphatic carbocycles. The van der Waals surface area contributed by atoms with E-state index in [0.717, 1.165) is 0 Å². The molecule has 112 valence electrons. The minimum Gasteiger partial charge on any atom is -0.416 e. The maximum atomic E-state index is 9.67. The lowest BCUT2D eigenvalue weighted by Crippen LogP contribution is -2.48. The summed E-state index contributed by atoms with van der Waals surface area (Å²) in [5.41, 5.74) is 1.55. The Morgan fingerprint density at radius 1 is 1.00 bits per heavy atom. The molecule has 0 aliphatic heterocycles. The van der Waals surface area contributed by atoms with Gasteiger partial charge in [0.1, 0.15) is 6.10 Å². The molecule has 4 heteroatoms. The third kappa shape index (κ3) is 4.61. The van der Waals surface area contributed by atoms with Crippen LogP contribution < -0.4 is 0 Å². The predicted molar refractivity (Wildman–Crippen MR) is 82.5 cm³/mol. The zero-order valence-electron chi connectivity index (χ0n) is 13.2. The molecule has 0 radical (unpaired) electrons. The van der Waals surface area contributed by atoms with Gasteiger partial charge in [-0.15, -0.1) is 6.42 Å². The van der Waals surface area contributed by atoms with Crippen molar-refractivity contribution < 1.29 is 14.6 Å². The molecule has 3 nitrogen and oxygen atoms in total. The highest BCUT2D eigenvalue weighted by atomic mass is 28.4. The fourth-order valence-electron chi connectivity index (χ4n) is 3.13. The molecule has 0 amide bonds. The first-order valence-corrected chi connectivity index (χ1v) is 9.30. The first-order valence-electron chi connectivity index (χ1n) is 7.16. The molecule has 0 bridgehead atoms. The van der Waals surface area contributed by atoms with Gasteiger partial charge in [0.05, 0.1) is 6.10 Å². The number of aliphatic hydroxyl groups is 2. The van der Waals surface area contributed by atoms with Crippen LogP contribution in [0.1, 0.15) is 48.0 Å². The van der Waals surface area contributed by atoms with Crippen molar-refractivity contribution in [1.82, 2.24) is 0 Å². The summed E-state index contributed by atoms with van der Waals surface area (Å²) in [5.74, 6) is 2.14. The van der Waals surface area contributed by atoms with E-state index in [4.69, 9.17) is 10.8 Å². The van der Waals surface area contributed by atoms with E-state index >= 15 is 0 Å². The first kappa shape index (κ1) is 18.7. The van der Waals surface area contributed by atoms with E-state index in [-0.39, 0.29) is 0 Å². The molecule has 0 aliphatic rings. The van der Waals surface area contributed by atoms with Crippen molar-refractivity contribution >= 4 is 8.32 Å². The second-order valence-electron chi connectivity index (χ2n) is 6.13. The third-order valence-electron chi connectivity index (χ3n) is 4.01. The highest BCUT2D eigenvalue weighted by Crippen LogP contribution is 2.42. The van der Waals surface area contributed by atoms with Crippen LogP contribution in [0.25, 0.3) is 0 Å². The Morgan fingerprint density at radius 3 is 1.74 bits per heavy atom. The third-order valence-corrected chi connectivity index (χ3v) is 10.1. The maximum absolute atomic E-state index is 9.67. The molecule has 0 aromatic heterocycles. The minimum atomic E-state index is -1.88. The van der Waals surface area contributed by atoms with Crippen molar-refractivity contribution in [3.63, 3.8) is 0 Å². The molecular weight excluding hydrogens is 256 g/mol. The molecule has 2 unspecified atom stereocenters. The average Bonchev–Trinajstić information content (AvgIpc) is 2.31. The standard InChI is InChI=1S/C15H30O3Si/c1-8-14(16)15(17)9-10-18-19(11(2)3,12(4)5)13(6)7/h1,11-17H,9-10H2,2-7H3. The lowest BCUT2D eigenvalue weighted by Gasteiger charge is -2.42. The van der Waals surface area contributed by atoms with Crippen molar-refractivity contribution in [2.24, 2.45) is 0 Å². The summed E-state index contributed by atoms with van der Waals surface area (Å²) in [5, 5.41) is 19.0. The molecule has 0 aromatic carbocycles. The second-order valence-corrected chi connectivity index (χ2v) is 11.6. The van der Waals surface area contributed by atoms with Crippen molar-refractivity contribution in [1.29, 1.82) is 0 Å². The van der Waals surface area contributed by atoms with Crippen molar-refractivity contribution in [2.75, 3.05) is 6.61 Å². The van der Waals surface area contributed by atoms with Crippen molar-refractivity contribution in [3.8, 4) is 12.3 Å². The summed E-state index contributed by atoms with van der Waals surface area (Å²) in [7, 11) is -1.88. The van der Waals surface area contributed by atoms with Crippen LogP contribution in [0.3, 0.4) is 0 Å². The van der Waals surface area contributed by atoms with E-state index < -0.39 is 20.5 Å². The zero-order chi connectivity index (χ0) is 15.2. The van der Waals surface area contributed by atoms with Gasteiger partial charge in [0.15, 0.2) is 8.32 Å². The molecule has 2 atom stereocenters. The highest BCUT2D eigenvalue weighted by Gasteiger charge is 2.44. The maximum Gasteiger partial charge on any atom is 0.200 e. The molecular formula is C15H30O3Si. The van der Waals surface area contributed by atoms with Crippen molar-refractivity contribution in [3.05, 3.63) is 0 Å². The van der Waals surface area contributed by atoms with Gasteiger partial charge in [-0.05, 0) is 23.0 Å². The van der Waals surface area contributed by atoms with Crippen LogP contribution in [0.5, 0.6) is 0 Å². The Hall–Kier alpha value is -0.343. The quantitative estimate of drug-likeness (QED) is 0.533. The normalized spacial score (nSPS) is 15.9. The molecule has 2 N–H and O–H groups in total. The topological polar surface area (TPSA) is 49.7 Å². The van der Waals surface area contributed by atoms with Crippen LogP contribution in [0.4, 0.5) is 0 Å². The fourth-order valence-corrected chi connectivity index (χ4v) is 8.60. The SMILES string of the molecule is C#CC(O)C(O)CCO[Si](C(C)C)(C(C)C)C(C)C. The monoisotopic (exact) mass is 286 g/mol. The molecule has 0 saturated heterocycles. The van der Waals surface area contributed by atoms with Crippen LogP contribution in [0, 0.1) is 12.3 Å². The van der Waals surface area contributed by atoms with E-state index in [1.165, 1.54) is 0 Å². The fraction of sp³-hybridized carbons (Fsp3) is 0.867. The average molecular weight is 286 g/mol. The van der Waals surface area contributed by atoms with Crippen LogP contribution in [0.15, 0.2) is 0 Å². The van der Waals surface area contributed by atoms with E-state index in [9.17, 15) is 10.2 Å². The van der Waals surface area contributed by atoms with E-state index in [1.807, 2.05) is 0 Å². The van der Waals surface area contributed by atoms with Gasteiger partial charge in [0.25, 0.3) is 0 Å². The van der Waals surface area contributed by atoms with Gasteiger partial charge in [-0.2, -0.15) is 0 Å².